The molecule has 0 N–H and O–H groups in total. The van der Waals surface area contributed by atoms with Crippen LogP contribution in [0.15, 0.2) is 12.4 Å². The van der Waals surface area contributed by atoms with E-state index in [2.05, 4.69) is 22.0 Å². The van der Waals surface area contributed by atoms with Crippen LogP contribution < -0.4 is 4.90 Å². The van der Waals surface area contributed by atoms with Gasteiger partial charge in [-0.2, -0.15) is 13.2 Å². The van der Waals surface area contributed by atoms with Crippen molar-refractivity contribution in [3.63, 3.8) is 0 Å². The minimum Gasteiger partial charge on any atom is -0.353 e. The molecule has 1 saturated carbocycles. The second kappa shape index (κ2) is 3.59. The van der Waals surface area contributed by atoms with Gasteiger partial charge < -0.3 is 9.80 Å². The largest absolute Gasteiger partial charge is 0.445 e. The lowest BCUT2D eigenvalue weighted by Gasteiger charge is -2.25. The molecule has 0 spiro atoms. The predicted octanol–water partition coefficient (Wildman–Crippen LogP) is 2.66. The minimum atomic E-state index is -4.42. The van der Waals surface area contributed by atoms with E-state index < -0.39 is 11.2 Å². The predicted molar refractivity (Wildman–Crippen MR) is 60.9 cm³/mol. The zero-order valence-corrected chi connectivity index (χ0v) is 10.4. The standard InChI is InChI=1S/C10H11F3N4S/c1-9(2-3-9)17-5-4-16(6-17)8-15-14-7(18-8)10(11,12)13/h4-5H,2-3,6H2,1H3. The molecule has 1 fully saturated rings. The first-order valence-electron chi connectivity index (χ1n) is 5.51. The highest BCUT2D eigenvalue weighted by Gasteiger charge is 2.44. The fourth-order valence-electron chi connectivity index (χ4n) is 1.81. The molecule has 1 aliphatic carbocycles. The summed E-state index contributed by atoms with van der Waals surface area (Å²) in [6, 6.07) is 0. The molecule has 2 aliphatic rings. The number of nitrogens with zero attached hydrogens (tertiary/aromatic N) is 4. The Morgan fingerprint density at radius 2 is 2.00 bits per heavy atom. The van der Waals surface area contributed by atoms with Crippen molar-refractivity contribution in [2.45, 2.75) is 31.5 Å². The highest BCUT2D eigenvalue weighted by Crippen LogP contribution is 2.43. The number of halogens is 3. The summed E-state index contributed by atoms with van der Waals surface area (Å²) >= 11 is 0.571. The normalized spacial score (nSPS) is 21.8. The summed E-state index contributed by atoms with van der Waals surface area (Å²) in [6.45, 7) is 2.69. The van der Waals surface area contributed by atoms with Crippen molar-refractivity contribution >= 4 is 16.5 Å². The van der Waals surface area contributed by atoms with E-state index in [1.54, 1.807) is 11.1 Å². The second-order valence-corrected chi connectivity index (χ2v) is 5.72. The van der Waals surface area contributed by atoms with Gasteiger partial charge in [-0.3, -0.25) is 0 Å². The number of rotatable bonds is 2. The Balaban J connectivity index is 1.74. The molecule has 0 saturated heterocycles. The van der Waals surface area contributed by atoms with E-state index in [4.69, 9.17) is 0 Å². The molecule has 0 bridgehead atoms. The first-order valence-corrected chi connectivity index (χ1v) is 6.33. The van der Waals surface area contributed by atoms with Gasteiger partial charge >= 0.3 is 6.18 Å². The molecule has 0 amide bonds. The average Bonchev–Trinajstić information content (AvgIpc) is 2.77. The summed E-state index contributed by atoms with van der Waals surface area (Å²) in [4.78, 5) is 3.82. The molecule has 4 nitrogen and oxygen atoms in total. The van der Waals surface area contributed by atoms with Gasteiger partial charge in [0.1, 0.15) is 0 Å². The van der Waals surface area contributed by atoms with Crippen LogP contribution in [0.5, 0.6) is 0 Å². The van der Waals surface area contributed by atoms with Gasteiger partial charge in [0.25, 0.3) is 0 Å². The molecule has 1 aromatic heterocycles. The lowest BCUT2D eigenvalue weighted by molar-refractivity contribution is -0.138. The molecule has 98 valence electrons. The molecule has 0 radical (unpaired) electrons. The van der Waals surface area contributed by atoms with Crippen LogP contribution in [-0.2, 0) is 6.18 Å². The summed E-state index contributed by atoms with van der Waals surface area (Å²) < 4.78 is 37.3. The minimum absolute atomic E-state index is 0.169. The lowest BCUT2D eigenvalue weighted by Crippen LogP contribution is -2.33. The zero-order valence-electron chi connectivity index (χ0n) is 9.61. The van der Waals surface area contributed by atoms with E-state index >= 15 is 0 Å². The van der Waals surface area contributed by atoms with E-state index in [1.165, 1.54) is 0 Å². The number of hydrogen-bond donors (Lipinski definition) is 0. The van der Waals surface area contributed by atoms with Crippen molar-refractivity contribution in [3.05, 3.63) is 17.4 Å². The topological polar surface area (TPSA) is 32.3 Å². The van der Waals surface area contributed by atoms with E-state index in [0.29, 0.717) is 18.0 Å². The first-order chi connectivity index (χ1) is 8.38. The number of hydrogen-bond acceptors (Lipinski definition) is 5. The summed E-state index contributed by atoms with van der Waals surface area (Å²) in [5.74, 6) is 0. The summed E-state index contributed by atoms with van der Waals surface area (Å²) in [5, 5.41) is 6.16. The van der Waals surface area contributed by atoms with Gasteiger partial charge in [0, 0.05) is 17.9 Å². The van der Waals surface area contributed by atoms with Gasteiger partial charge in [0.2, 0.25) is 10.1 Å². The smallest absolute Gasteiger partial charge is 0.353 e. The highest BCUT2D eigenvalue weighted by molar-refractivity contribution is 7.15. The van der Waals surface area contributed by atoms with Crippen LogP contribution in [0.4, 0.5) is 18.3 Å². The van der Waals surface area contributed by atoms with Crippen LogP contribution in [0.1, 0.15) is 24.8 Å². The quantitative estimate of drug-likeness (QED) is 0.831. The Kier molecular flexibility index (Phi) is 2.35. The van der Waals surface area contributed by atoms with Crippen LogP contribution in [0, 0.1) is 0 Å². The summed E-state index contributed by atoms with van der Waals surface area (Å²) in [7, 11) is 0. The third-order valence-corrected chi connectivity index (χ3v) is 4.31. The Hall–Kier alpha value is -1.31. The molecular weight excluding hydrogens is 265 g/mol. The second-order valence-electron chi connectivity index (χ2n) is 4.76. The van der Waals surface area contributed by atoms with Crippen molar-refractivity contribution in [2.75, 3.05) is 11.6 Å². The van der Waals surface area contributed by atoms with Crippen LogP contribution >= 0.6 is 11.3 Å². The summed E-state index contributed by atoms with van der Waals surface area (Å²) in [5.41, 5.74) is 0.169. The fraction of sp³-hybridized carbons (Fsp3) is 0.600. The average molecular weight is 276 g/mol. The van der Waals surface area contributed by atoms with Crippen molar-refractivity contribution in [3.8, 4) is 0 Å². The van der Waals surface area contributed by atoms with Crippen molar-refractivity contribution in [1.82, 2.24) is 15.1 Å². The van der Waals surface area contributed by atoms with Crippen LogP contribution in [0.25, 0.3) is 0 Å². The summed E-state index contributed by atoms with van der Waals surface area (Å²) in [6.07, 6.45) is 1.48. The number of anilines is 1. The maximum Gasteiger partial charge on any atom is 0.445 e. The van der Waals surface area contributed by atoms with E-state index in [9.17, 15) is 13.2 Å². The molecule has 18 heavy (non-hydrogen) atoms. The van der Waals surface area contributed by atoms with Crippen molar-refractivity contribution < 1.29 is 13.2 Å². The molecular formula is C10H11F3N4S. The molecule has 2 heterocycles. The molecule has 3 rings (SSSR count). The van der Waals surface area contributed by atoms with Gasteiger partial charge in [-0.1, -0.05) is 11.3 Å². The van der Waals surface area contributed by atoms with Crippen molar-refractivity contribution in [1.29, 1.82) is 0 Å². The van der Waals surface area contributed by atoms with E-state index in [0.717, 1.165) is 12.8 Å². The molecule has 1 aliphatic heterocycles. The fourth-order valence-corrected chi connectivity index (χ4v) is 2.50. The Morgan fingerprint density at radius 1 is 1.28 bits per heavy atom. The van der Waals surface area contributed by atoms with Gasteiger partial charge in [-0.05, 0) is 19.8 Å². The van der Waals surface area contributed by atoms with Gasteiger partial charge in [0.05, 0.1) is 6.67 Å². The zero-order chi connectivity index (χ0) is 13.0. The van der Waals surface area contributed by atoms with Gasteiger partial charge in [0.15, 0.2) is 0 Å². The number of aromatic nitrogens is 2. The van der Waals surface area contributed by atoms with Crippen LogP contribution in [0.2, 0.25) is 0 Å². The van der Waals surface area contributed by atoms with Gasteiger partial charge in [-0.25, -0.2) is 0 Å². The van der Waals surface area contributed by atoms with E-state index in [-0.39, 0.29) is 10.7 Å². The van der Waals surface area contributed by atoms with Crippen LogP contribution in [0.3, 0.4) is 0 Å². The Labute approximate surface area is 106 Å². The third-order valence-electron chi connectivity index (χ3n) is 3.30. The number of alkyl halides is 3. The monoisotopic (exact) mass is 276 g/mol. The highest BCUT2D eigenvalue weighted by atomic mass is 32.1. The Bertz CT molecular complexity index is 492. The maximum atomic E-state index is 12.4. The first kappa shape index (κ1) is 11.8. The molecule has 0 atom stereocenters. The van der Waals surface area contributed by atoms with Gasteiger partial charge in [-0.15, -0.1) is 10.2 Å². The molecule has 8 heteroatoms. The SMILES string of the molecule is CC1(N2C=CN(c3nnc(C(F)(F)F)s3)C2)CC1. The maximum absolute atomic E-state index is 12.4. The third kappa shape index (κ3) is 1.94. The Morgan fingerprint density at radius 3 is 2.56 bits per heavy atom. The molecule has 1 aromatic rings. The molecule has 0 aromatic carbocycles. The van der Waals surface area contributed by atoms with E-state index in [1.807, 2.05) is 6.20 Å². The van der Waals surface area contributed by atoms with Crippen LogP contribution in [-0.4, -0.2) is 27.3 Å². The lowest BCUT2D eigenvalue weighted by atomic mass is 10.3. The molecule has 0 unspecified atom stereocenters. The van der Waals surface area contributed by atoms with Crippen molar-refractivity contribution in [2.24, 2.45) is 0 Å².